The summed E-state index contributed by atoms with van der Waals surface area (Å²) in [5.74, 6) is -1.17. The SMILES string of the molecule is Cc1ccc(S(=O)(=O)C2=C(O)C(=O)N(c3ccccc3)[C@@H]2c2ccc(C(C)C)cc2)cc1. The van der Waals surface area contributed by atoms with Gasteiger partial charge in [-0.1, -0.05) is 74.0 Å². The summed E-state index contributed by atoms with van der Waals surface area (Å²) in [4.78, 5) is 14.2. The topological polar surface area (TPSA) is 74.7 Å². The molecule has 3 aromatic carbocycles. The van der Waals surface area contributed by atoms with E-state index in [1.54, 1.807) is 36.4 Å². The third kappa shape index (κ3) is 3.71. The number of hydrogen-bond acceptors (Lipinski definition) is 4. The van der Waals surface area contributed by atoms with Gasteiger partial charge in [-0.3, -0.25) is 9.69 Å². The van der Waals surface area contributed by atoms with Crippen LogP contribution in [0.3, 0.4) is 0 Å². The molecule has 1 amide bonds. The molecule has 0 unspecified atom stereocenters. The number of aryl methyl sites for hydroxylation is 1. The predicted molar refractivity (Wildman–Crippen MR) is 125 cm³/mol. The zero-order chi connectivity index (χ0) is 23.0. The Hall–Kier alpha value is -3.38. The van der Waals surface area contributed by atoms with Gasteiger partial charge in [0.2, 0.25) is 9.84 Å². The van der Waals surface area contributed by atoms with Crippen LogP contribution in [-0.4, -0.2) is 19.4 Å². The van der Waals surface area contributed by atoms with Crippen molar-refractivity contribution >= 4 is 21.4 Å². The Morgan fingerprint density at radius 1 is 0.875 bits per heavy atom. The fourth-order valence-corrected chi connectivity index (χ4v) is 5.55. The van der Waals surface area contributed by atoms with E-state index in [1.165, 1.54) is 17.0 Å². The molecule has 6 heteroatoms. The van der Waals surface area contributed by atoms with Crippen LogP contribution in [0, 0.1) is 6.92 Å². The van der Waals surface area contributed by atoms with E-state index in [0.29, 0.717) is 17.2 Å². The summed E-state index contributed by atoms with van der Waals surface area (Å²) >= 11 is 0. The number of aliphatic hydroxyl groups excluding tert-OH is 1. The van der Waals surface area contributed by atoms with Crippen LogP contribution in [0.5, 0.6) is 0 Å². The molecule has 164 valence electrons. The molecule has 0 aliphatic carbocycles. The van der Waals surface area contributed by atoms with Crippen molar-refractivity contribution in [1.82, 2.24) is 0 Å². The molecular formula is C26H25NO4S. The molecule has 1 aliphatic rings. The molecule has 0 radical (unpaired) electrons. The Labute approximate surface area is 188 Å². The first-order valence-electron chi connectivity index (χ1n) is 10.4. The van der Waals surface area contributed by atoms with Gasteiger partial charge in [0.25, 0.3) is 5.91 Å². The lowest BCUT2D eigenvalue weighted by Gasteiger charge is -2.27. The van der Waals surface area contributed by atoms with Crippen molar-refractivity contribution in [2.75, 3.05) is 4.90 Å². The van der Waals surface area contributed by atoms with Crippen LogP contribution in [0.1, 0.15) is 42.5 Å². The lowest BCUT2D eigenvalue weighted by Crippen LogP contribution is -2.31. The lowest BCUT2D eigenvalue weighted by atomic mass is 9.98. The summed E-state index contributed by atoms with van der Waals surface area (Å²) in [6.07, 6.45) is 0. The fraction of sp³-hybridized carbons (Fsp3) is 0.192. The molecule has 0 bridgehead atoms. The van der Waals surface area contributed by atoms with E-state index in [-0.39, 0.29) is 9.80 Å². The molecule has 0 aromatic heterocycles. The normalized spacial score (nSPS) is 16.8. The minimum absolute atomic E-state index is 0.0381. The molecule has 1 heterocycles. The van der Waals surface area contributed by atoms with Crippen LogP contribution >= 0.6 is 0 Å². The van der Waals surface area contributed by atoms with Crippen molar-refractivity contribution in [3.8, 4) is 0 Å². The molecule has 3 aromatic rings. The third-order valence-electron chi connectivity index (χ3n) is 5.74. The summed E-state index contributed by atoms with van der Waals surface area (Å²) < 4.78 is 27.3. The van der Waals surface area contributed by atoms with Gasteiger partial charge in [0, 0.05) is 5.69 Å². The van der Waals surface area contributed by atoms with Gasteiger partial charge in [0.05, 0.1) is 4.90 Å². The number of benzene rings is 3. The monoisotopic (exact) mass is 447 g/mol. The second kappa shape index (κ2) is 8.28. The highest BCUT2D eigenvalue weighted by atomic mass is 32.2. The molecule has 0 spiro atoms. The van der Waals surface area contributed by atoms with Gasteiger partial charge in [-0.15, -0.1) is 0 Å². The molecule has 1 N–H and O–H groups in total. The van der Waals surface area contributed by atoms with E-state index in [1.807, 2.05) is 37.3 Å². The lowest BCUT2D eigenvalue weighted by molar-refractivity contribution is -0.117. The first-order valence-corrected chi connectivity index (χ1v) is 11.9. The number of amides is 1. The maximum absolute atomic E-state index is 13.6. The van der Waals surface area contributed by atoms with Crippen LogP contribution in [0.4, 0.5) is 5.69 Å². The summed E-state index contributed by atoms with van der Waals surface area (Å²) in [7, 11) is -4.14. The first kappa shape index (κ1) is 21.8. The molecule has 4 rings (SSSR count). The van der Waals surface area contributed by atoms with E-state index >= 15 is 0 Å². The van der Waals surface area contributed by atoms with Crippen LogP contribution in [0.2, 0.25) is 0 Å². The molecular weight excluding hydrogens is 422 g/mol. The van der Waals surface area contributed by atoms with E-state index in [0.717, 1.165) is 11.1 Å². The Balaban J connectivity index is 1.91. The maximum Gasteiger partial charge on any atom is 0.295 e. The average molecular weight is 448 g/mol. The van der Waals surface area contributed by atoms with Crippen LogP contribution in [0.15, 0.2) is 94.4 Å². The second-order valence-electron chi connectivity index (χ2n) is 8.26. The van der Waals surface area contributed by atoms with Crippen molar-refractivity contribution in [3.05, 3.63) is 106 Å². The number of aliphatic hydroxyl groups is 1. The first-order chi connectivity index (χ1) is 15.2. The van der Waals surface area contributed by atoms with E-state index in [2.05, 4.69) is 13.8 Å². The summed E-state index contributed by atoms with van der Waals surface area (Å²) in [6.45, 7) is 6.01. The summed E-state index contributed by atoms with van der Waals surface area (Å²) in [5.41, 5.74) is 3.13. The highest BCUT2D eigenvalue weighted by molar-refractivity contribution is 7.95. The molecule has 32 heavy (non-hydrogen) atoms. The van der Waals surface area contributed by atoms with Gasteiger partial charge in [-0.2, -0.15) is 0 Å². The predicted octanol–water partition coefficient (Wildman–Crippen LogP) is 5.45. The highest BCUT2D eigenvalue weighted by Crippen LogP contribution is 2.44. The summed E-state index contributed by atoms with van der Waals surface area (Å²) in [5, 5.41) is 10.8. The van der Waals surface area contributed by atoms with Crippen molar-refractivity contribution in [2.24, 2.45) is 0 Å². The van der Waals surface area contributed by atoms with Gasteiger partial charge in [-0.25, -0.2) is 8.42 Å². The molecule has 0 saturated heterocycles. The maximum atomic E-state index is 13.6. The number of sulfone groups is 1. The Morgan fingerprint density at radius 2 is 1.47 bits per heavy atom. The number of hydrogen-bond donors (Lipinski definition) is 1. The quantitative estimate of drug-likeness (QED) is 0.564. The van der Waals surface area contributed by atoms with Gasteiger partial charge in [0.15, 0.2) is 5.76 Å². The second-order valence-corrected chi connectivity index (χ2v) is 10.2. The molecule has 0 fully saturated rings. The fourth-order valence-electron chi connectivity index (χ4n) is 3.92. The minimum atomic E-state index is -4.14. The Morgan fingerprint density at radius 3 is 2.03 bits per heavy atom. The van der Waals surface area contributed by atoms with Gasteiger partial charge in [-0.05, 0) is 48.2 Å². The number of carbonyl (C=O) groups excluding carboxylic acids is 1. The smallest absolute Gasteiger partial charge is 0.295 e. The Kier molecular flexibility index (Phi) is 5.65. The Bertz CT molecular complexity index is 1280. The van der Waals surface area contributed by atoms with Crippen molar-refractivity contribution in [3.63, 3.8) is 0 Å². The number of para-hydroxylation sites is 1. The van der Waals surface area contributed by atoms with Crippen molar-refractivity contribution in [2.45, 2.75) is 37.6 Å². The number of nitrogens with zero attached hydrogens (tertiary/aromatic N) is 1. The average Bonchev–Trinajstić information content (AvgIpc) is 3.06. The van der Waals surface area contributed by atoms with Gasteiger partial charge >= 0.3 is 0 Å². The van der Waals surface area contributed by atoms with Crippen molar-refractivity contribution in [1.29, 1.82) is 0 Å². The molecule has 1 aliphatic heterocycles. The third-order valence-corrected chi connectivity index (χ3v) is 7.62. The van der Waals surface area contributed by atoms with Gasteiger partial charge in [0.1, 0.15) is 10.9 Å². The molecule has 5 nitrogen and oxygen atoms in total. The highest BCUT2D eigenvalue weighted by Gasteiger charge is 2.47. The number of rotatable bonds is 5. The van der Waals surface area contributed by atoms with E-state index in [4.69, 9.17) is 0 Å². The van der Waals surface area contributed by atoms with E-state index in [9.17, 15) is 18.3 Å². The van der Waals surface area contributed by atoms with Crippen LogP contribution in [-0.2, 0) is 14.6 Å². The van der Waals surface area contributed by atoms with Crippen molar-refractivity contribution < 1.29 is 18.3 Å². The zero-order valence-electron chi connectivity index (χ0n) is 18.2. The van der Waals surface area contributed by atoms with Crippen LogP contribution in [0.25, 0.3) is 0 Å². The standard InChI is InChI=1S/C26H25NO4S/c1-17(2)19-11-13-20(14-12-19)23-25(32(30,31)22-15-9-18(3)10-16-22)24(28)26(29)27(23)21-7-5-4-6-8-21/h4-17,23,28H,1-3H3/t23-/m1/s1. The number of carbonyl (C=O) groups is 1. The molecule has 1 atom stereocenters. The number of anilines is 1. The summed E-state index contributed by atoms with van der Waals surface area (Å²) in [6, 6.07) is 21.7. The van der Waals surface area contributed by atoms with Crippen LogP contribution < -0.4 is 4.90 Å². The van der Waals surface area contributed by atoms with E-state index < -0.39 is 27.5 Å². The zero-order valence-corrected chi connectivity index (χ0v) is 19.0. The molecule has 0 saturated carbocycles. The van der Waals surface area contributed by atoms with Gasteiger partial charge < -0.3 is 5.11 Å². The minimum Gasteiger partial charge on any atom is -0.502 e. The largest absolute Gasteiger partial charge is 0.502 e.